The Kier molecular flexibility index (Phi) is 5.02. The van der Waals surface area contributed by atoms with Gasteiger partial charge >= 0.3 is 0 Å². The second-order valence-electron chi connectivity index (χ2n) is 4.61. The number of rotatable bonds is 5. The van der Waals surface area contributed by atoms with Crippen molar-refractivity contribution >= 4 is 17.3 Å². The highest BCUT2D eigenvalue weighted by molar-refractivity contribution is 6.30. The molecule has 21 heavy (non-hydrogen) atoms. The number of benzene rings is 2. The van der Waals surface area contributed by atoms with Crippen molar-refractivity contribution in [2.45, 2.75) is 19.9 Å². The van der Waals surface area contributed by atoms with Crippen LogP contribution < -0.4 is 10.1 Å². The third-order valence-corrected chi connectivity index (χ3v) is 3.29. The first-order chi connectivity index (χ1) is 10.0. The van der Waals surface area contributed by atoms with E-state index >= 15 is 0 Å². The molecule has 0 heterocycles. The Labute approximate surface area is 127 Å². The summed E-state index contributed by atoms with van der Waals surface area (Å²) in [6, 6.07) is 8.86. The van der Waals surface area contributed by atoms with E-state index in [1.807, 2.05) is 13.8 Å². The monoisotopic (exact) mass is 311 g/mol. The van der Waals surface area contributed by atoms with Gasteiger partial charge in [0, 0.05) is 11.1 Å². The van der Waals surface area contributed by atoms with Gasteiger partial charge in [0.05, 0.1) is 12.3 Å². The van der Waals surface area contributed by atoms with E-state index in [9.17, 15) is 8.78 Å². The van der Waals surface area contributed by atoms with Crippen LogP contribution in [0.1, 0.15) is 25.5 Å². The molecule has 2 rings (SSSR count). The smallest absolute Gasteiger partial charge is 0.159 e. The van der Waals surface area contributed by atoms with Gasteiger partial charge in [-0.1, -0.05) is 17.7 Å². The Morgan fingerprint density at radius 1 is 1.14 bits per heavy atom. The normalized spacial score (nSPS) is 12.0. The predicted octanol–water partition coefficient (Wildman–Crippen LogP) is 5.19. The third kappa shape index (κ3) is 3.85. The standard InChI is InChI=1S/C16H16ClF2NO/c1-3-21-16-7-5-12(17)9-15(16)20-10(2)11-4-6-13(18)14(19)8-11/h4-10,20H,3H2,1-2H3. The summed E-state index contributed by atoms with van der Waals surface area (Å²) in [6.07, 6.45) is 0. The second-order valence-corrected chi connectivity index (χ2v) is 5.05. The van der Waals surface area contributed by atoms with Gasteiger partial charge in [0.25, 0.3) is 0 Å². The lowest BCUT2D eigenvalue weighted by atomic mass is 10.1. The van der Waals surface area contributed by atoms with Crippen molar-refractivity contribution in [3.05, 3.63) is 58.6 Å². The fraction of sp³-hybridized carbons (Fsp3) is 0.250. The molecule has 112 valence electrons. The first kappa shape index (κ1) is 15.6. The Morgan fingerprint density at radius 3 is 2.57 bits per heavy atom. The van der Waals surface area contributed by atoms with E-state index in [0.717, 1.165) is 6.07 Å². The summed E-state index contributed by atoms with van der Waals surface area (Å²) in [5.41, 5.74) is 1.35. The maximum absolute atomic E-state index is 13.3. The van der Waals surface area contributed by atoms with Crippen molar-refractivity contribution in [2.75, 3.05) is 11.9 Å². The molecule has 0 aliphatic heterocycles. The Hall–Kier alpha value is -1.81. The maximum atomic E-state index is 13.3. The van der Waals surface area contributed by atoms with E-state index in [4.69, 9.17) is 16.3 Å². The van der Waals surface area contributed by atoms with Crippen molar-refractivity contribution < 1.29 is 13.5 Å². The SMILES string of the molecule is CCOc1ccc(Cl)cc1NC(C)c1ccc(F)c(F)c1. The number of hydrogen-bond acceptors (Lipinski definition) is 2. The lowest BCUT2D eigenvalue weighted by Gasteiger charge is -2.19. The highest BCUT2D eigenvalue weighted by Crippen LogP contribution is 2.31. The summed E-state index contributed by atoms with van der Waals surface area (Å²) in [5.74, 6) is -1.06. The first-order valence-electron chi connectivity index (χ1n) is 6.65. The van der Waals surface area contributed by atoms with E-state index in [2.05, 4.69) is 5.32 Å². The lowest BCUT2D eigenvalue weighted by Crippen LogP contribution is -2.09. The first-order valence-corrected chi connectivity index (χ1v) is 7.03. The molecule has 0 aliphatic rings. The fourth-order valence-electron chi connectivity index (χ4n) is 1.99. The number of halogens is 3. The highest BCUT2D eigenvalue weighted by atomic mass is 35.5. The van der Waals surface area contributed by atoms with Gasteiger partial charge in [-0.3, -0.25) is 0 Å². The molecular weight excluding hydrogens is 296 g/mol. The van der Waals surface area contributed by atoms with Crippen LogP contribution in [-0.4, -0.2) is 6.61 Å². The molecule has 0 fully saturated rings. The molecule has 0 aromatic heterocycles. The summed E-state index contributed by atoms with van der Waals surface area (Å²) >= 11 is 5.99. The van der Waals surface area contributed by atoms with Crippen LogP contribution in [-0.2, 0) is 0 Å². The number of ether oxygens (including phenoxy) is 1. The van der Waals surface area contributed by atoms with Crippen LogP contribution in [0.3, 0.4) is 0 Å². The van der Waals surface area contributed by atoms with Crippen LogP contribution in [0.25, 0.3) is 0 Å². The molecule has 0 saturated heterocycles. The quantitative estimate of drug-likeness (QED) is 0.820. The van der Waals surface area contributed by atoms with Crippen LogP contribution in [0.5, 0.6) is 5.75 Å². The summed E-state index contributed by atoms with van der Waals surface area (Å²) in [6.45, 7) is 4.26. The predicted molar refractivity (Wildman–Crippen MR) is 81.0 cm³/mol. The van der Waals surface area contributed by atoms with E-state index < -0.39 is 11.6 Å². The average molecular weight is 312 g/mol. The minimum absolute atomic E-state index is 0.224. The molecule has 0 spiro atoms. The molecule has 2 aromatic rings. The van der Waals surface area contributed by atoms with E-state index in [0.29, 0.717) is 28.6 Å². The zero-order chi connectivity index (χ0) is 15.4. The minimum Gasteiger partial charge on any atom is -0.492 e. The topological polar surface area (TPSA) is 21.3 Å². The van der Waals surface area contributed by atoms with E-state index in [1.54, 1.807) is 24.3 Å². The zero-order valence-corrected chi connectivity index (χ0v) is 12.5. The molecular formula is C16H16ClF2NO. The molecule has 2 aromatic carbocycles. The van der Waals surface area contributed by atoms with Gasteiger partial charge in [-0.25, -0.2) is 8.78 Å². The van der Waals surface area contributed by atoms with Crippen LogP contribution in [0, 0.1) is 11.6 Å². The molecule has 0 amide bonds. The van der Waals surface area contributed by atoms with Gasteiger partial charge < -0.3 is 10.1 Å². The average Bonchev–Trinajstić information content (AvgIpc) is 2.45. The van der Waals surface area contributed by atoms with Gasteiger partial charge in [0.2, 0.25) is 0 Å². The van der Waals surface area contributed by atoms with Crippen molar-refractivity contribution in [1.29, 1.82) is 0 Å². The molecule has 0 radical (unpaired) electrons. The summed E-state index contributed by atoms with van der Waals surface area (Å²) < 4.78 is 31.8. The van der Waals surface area contributed by atoms with Crippen LogP contribution in [0.4, 0.5) is 14.5 Å². The fourth-order valence-corrected chi connectivity index (χ4v) is 2.17. The zero-order valence-electron chi connectivity index (χ0n) is 11.8. The molecule has 0 aliphatic carbocycles. The van der Waals surface area contributed by atoms with Crippen LogP contribution in [0.2, 0.25) is 5.02 Å². The summed E-state index contributed by atoms with van der Waals surface area (Å²) in [7, 11) is 0. The van der Waals surface area contributed by atoms with Crippen molar-refractivity contribution in [3.8, 4) is 5.75 Å². The van der Waals surface area contributed by atoms with E-state index in [1.165, 1.54) is 6.07 Å². The third-order valence-electron chi connectivity index (χ3n) is 3.06. The van der Waals surface area contributed by atoms with Gasteiger partial charge in [0.15, 0.2) is 11.6 Å². The Balaban J connectivity index is 2.24. The van der Waals surface area contributed by atoms with Crippen molar-refractivity contribution in [2.24, 2.45) is 0 Å². The molecule has 1 atom stereocenters. The van der Waals surface area contributed by atoms with E-state index in [-0.39, 0.29) is 6.04 Å². The Morgan fingerprint density at radius 2 is 1.90 bits per heavy atom. The van der Waals surface area contributed by atoms with Crippen LogP contribution in [0.15, 0.2) is 36.4 Å². The highest BCUT2D eigenvalue weighted by Gasteiger charge is 2.12. The molecule has 1 unspecified atom stereocenters. The summed E-state index contributed by atoms with van der Waals surface area (Å²) in [4.78, 5) is 0. The van der Waals surface area contributed by atoms with Crippen molar-refractivity contribution in [1.82, 2.24) is 0 Å². The van der Waals surface area contributed by atoms with Crippen molar-refractivity contribution in [3.63, 3.8) is 0 Å². The number of anilines is 1. The van der Waals surface area contributed by atoms with Crippen LogP contribution >= 0.6 is 11.6 Å². The number of nitrogens with one attached hydrogen (secondary N) is 1. The maximum Gasteiger partial charge on any atom is 0.159 e. The number of hydrogen-bond donors (Lipinski definition) is 1. The Bertz CT molecular complexity index is 634. The molecule has 2 nitrogen and oxygen atoms in total. The molecule has 0 saturated carbocycles. The molecule has 1 N–H and O–H groups in total. The largest absolute Gasteiger partial charge is 0.492 e. The van der Waals surface area contributed by atoms with Gasteiger partial charge in [-0.05, 0) is 49.7 Å². The molecule has 5 heteroatoms. The summed E-state index contributed by atoms with van der Waals surface area (Å²) in [5, 5.41) is 3.77. The second kappa shape index (κ2) is 6.76. The van der Waals surface area contributed by atoms with Gasteiger partial charge in [-0.15, -0.1) is 0 Å². The molecule has 0 bridgehead atoms. The minimum atomic E-state index is -0.864. The lowest BCUT2D eigenvalue weighted by molar-refractivity contribution is 0.341. The van der Waals surface area contributed by atoms with Gasteiger partial charge in [0.1, 0.15) is 5.75 Å². The van der Waals surface area contributed by atoms with Gasteiger partial charge in [-0.2, -0.15) is 0 Å².